The molecule has 2 aromatic carbocycles. The Morgan fingerprint density at radius 1 is 1.17 bits per heavy atom. The Bertz CT molecular complexity index is 729. The maximum Gasteiger partial charge on any atom is 0.265 e. The van der Waals surface area contributed by atoms with E-state index in [1.807, 2.05) is 38.1 Å². The number of nitrogens with one attached hydrogen (secondary N) is 1. The van der Waals surface area contributed by atoms with Gasteiger partial charge < -0.3 is 19.5 Å². The molecule has 126 valence electrons. The number of aryl methyl sites for hydroxylation is 1. The Hall–Kier alpha value is -2.69. The molecule has 0 aromatic heterocycles. The van der Waals surface area contributed by atoms with Crippen LogP contribution in [-0.4, -0.2) is 25.2 Å². The molecule has 5 nitrogen and oxygen atoms in total. The number of hydrogen-bond acceptors (Lipinski definition) is 4. The zero-order valence-electron chi connectivity index (χ0n) is 13.9. The van der Waals surface area contributed by atoms with Gasteiger partial charge in [-0.05, 0) is 43.2 Å². The lowest BCUT2D eigenvalue weighted by molar-refractivity contribution is -0.122. The van der Waals surface area contributed by atoms with Crippen LogP contribution >= 0.6 is 0 Å². The Labute approximate surface area is 141 Å². The second-order valence-corrected chi connectivity index (χ2v) is 5.68. The van der Waals surface area contributed by atoms with E-state index in [0.29, 0.717) is 42.6 Å². The standard InChI is InChI=1S/C19H21NO4/c1-3-16(24-15-6-4-5-13(2)11-15)19(21)20-14-7-8-17-18(12-14)23-10-9-22-17/h4-8,11-12,16H,3,9-10H2,1-2H3,(H,20,21)/t16-/m0/s1. The Morgan fingerprint density at radius 2 is 1.96 bits per heavy atom. The highest BCUT2D eigenvalue weighted by Crippen LogP contribution is 2.32. The van der Waals surface area contributed by atoms with Gasteiger partial charge in [-0.1, -0.05) is 19.1 Å². The number of hydrogen-bond donors (Lipinski definition) is 1. The van der Waals surface area contributed by atoms with Gasteiger partial charge in [-0.2, -0.15) is 0 Å². The highest BCUT2D eigenvalue weighted by molar-refractivity contribution is 5.94. The third-order valence-corrected chi connectivity index (χ3v) is 3.74. The van der Waals surface area contributed by atoms with Gasteiger partial charge >= 0.3 is 0 Å². The fourth-order valence-corrected chi connectivity index (χ4v) is 2.52. The molecule has 0 saturated heterocycles. The van der Waals surface area contributed by atoms with Crippen molar-refractivity contribution in [1.82, 2.24) is 0 Å². The number of carbonyl (C=O) groups excluding carboxylic acids is 1. The third kappa shape index (κ3) is 3.79. The molecule has 1 atom stereocenters. The number of benzene rings is 2. The minimum Gasteiger partial charge on any atom is -0.486 e. The van der Waals surface area contributed by atoms with Gasteiger partial charge in [-0.15, -0.1) is 0 Å². The summed E-state index contributed by atoms with van der Waals surface area (Å²) in [7, 11) is 0. The van der Waals surface area contributed by atoms with E-state index in [4.69, 9.17) is 14.2 Å². The first-order valence-electron chi connectivity index (χ1n) is 8.09. The average Bonchev–Trinajstić information content (AvgIpc) is 2.59. The van der Waals surface area contributed by atoms with Gasteiger partial charge in [0.25, 0.3) is 5.91 Å². The maximum atomic E-state index is 12.5. The SMILES string of the molecule is CC[C@H](Oc1cccc(C)c1)C(=O)Nc1ccc2c(c1)OCCO2. The first-order valence-corrected chi connectivity index (χ1v) is 8.09. The monoisotopic (exact) mass is 327 g/mol. The Kier molecular flexibility index (Phi) is 4.89. The van der Waals surface area contributed by atoms with Crippen molar-refractivity contribution >= 4 is 11.6 Å². The number of amides is 1. The molecule has 24 heavy (non-hydrogen) atoms. The summed E-state index contributed by atoms with van der Waals surface area (Å²) in [5.74, 6) is 1.85. The molecule has 1 aliphatic rings. The predicted octanol–water partition coefficient (Wildman–Crippen LogP) is 3.56. The van der Waals surface area contributed by atoms with E-state index in [-0.39, 0.29) is 5.91 Å². The molecule has 1 heterocycles. The maximum absolute atomic E-state index is 12.5. The normalized spacial score (nSPS) is 13.9. The number of ether oxygens (including phenoxy) is 3. The van der Waals surface area contributed by atoms with Crippen LogP contribution in [0.4, 0.5) is 5.69 Å². The zero-order chi connectivity index (χ0) is 16.9. The Morgan fingerprint density at radius 3 is 2.71 bits per heavy atom. The van der Waals surface area contributed by atoms with Crippen molar-refractivity contribution in [3.8, 4) is 17.2 Å². The van der Waals surface area contributed by atoms with Gasteiger partial charge in [0.2, 0.25) is 0 Å². The number of anilines is 1. The molecule has 2 aromatic rings. The number of rotatable bonds is 5. The average molecular weight is 327 g/mol. The van der Waals surface area contributed by atoms with E-state index >= 15 is 0 Å². The van der Waals surface area contributed by atoms with Gasteiger partial charge in [0, 0.05) is 11.8 Å². The van der Waals surface area contributed by atoms with Crippen LogP contribution < -0.4 is 19.5 Å². The molecule has 0 radical (unpaired) electrons. The lowest BCUT2D eigenvalue weighted by Crippen LogP contribution is -2.32. The van der Waals surface area contributed by atoms with Crippen LogP contribution in [0.3, 0.4) is 0 Å². The van der Waals surface area contributed by atoms with Crippen molar-refractivity contribution in [3.05, 3.63) is 48.0 Å². The summed E-state index contributed by atoms with van der Waals surface area (Å²) in [6.45, 7) is 4.96. The molecular weight excluding hydrogens is 306 g/mol. The van der Waals surface area contributed by atoms with Crippen LogP contribution in [0.25, 0.3) is 0 Å². The van der Waals surface area contributed by atoms with Gasteiger partial charge in [0.1, 0.15) is 19.0 Å². The van der Waals surface area contributed by atoms with Gasteiger partial charge in [-0.25, -0.2) is 0 Å². The minimum atomic E-state index is -0.556. The molecule has 3 rings (SSSR count). The summed E-state index contributed by atoms with van der Waals surface area (Å²) >= 11 is 0. The smallest absolute Gasteiger partial charge is 0.265 e. The third-order valence-electron chi connectivity index (χ3n) is 3.74. The van der Waals surface area contributed by atoms with E-state index in [1.54, 1.807) is 18.2 Å². The molecule has 0 saturated carbocycles. The van der Waals surface area contributed by atoms with Crippen LogP contribution in [0.15, 0.2) is 42.5 Å². The highest BCUT2D eigenvalue weighted by atomic mass is 16.6. The summed E-state index contributed by atoms with van der Waals surface area (Å²) in [6.07, 6.45) is 0.0182. The van der Waals surface area contributed by atoms with Crippen molar-refractivity contribution in [3.63, 3.8) is 0 Å². The van der Waals surface area contributed by atoms with Crippen molar-refractivity contribution in [1.29, 1.82) is 0 Å². The molecule has 1 amide bonds. The summed E-state index contributed by atoms with van der Waals surface area (Å²) < 4.78 is 16.8. The molecule has 0 aliphatic carbocycles. The van der Waals surface area contributed by atoms with E-state index < -0.39 is 6.10 Å². The van der Waals surface area contributed by atoms with Gasteiger partial charge in [0.15, 0.2) is 17.6 Å². The zero-order valence-corrected chi connectivity index (χ0v) is 13.9. The second kappa shape index (κ2) is 7.25. The quantitative estimate of drug-likeness (QED) is 0.912. The van der Waals surface area contributed by atoms with Crippen LogP contribution in [-0.2, 0) is 4.79 Å². The predicted molar refractivity (Wildman–Crippen MR) is 91.9 cm³/mol. The lowest BCUT2D eigenvalue weighted by Gasteiger charge is -2.20. The van der Waals surface area contributed by atoms with Crippen molar-refractivity contribution in [2.24, 2.45) is 0 Å². The van der Waals surface area contributed by atoms with E-state index in [1.165, 1.54) is 0 Å². The largest absolute Gasteiger partial charge is 0.486 e. The number of carbonyl (C=O) groups is 1. The molecule has 0 bridgehead atoms. The second-order valence-electron chi connectivity index (χ2n) is 5.68. The summed E-state index contributed by atoms with van der Waals surface area (Å²) in [5, 5.41) is 2.88. The highest BCUT2D eigenvalue weighted by Gasteiger charge is 2.20. The van der Waals surface area contributed by atoms with E-state index in [2.05, 4.69) is 5.32 Å². The molecule has 1 N–H and O–H groups in total. The van der Waals surface area contributed by atoms with E-state index in [9.17, 15) is 4.79 Å². The topological polar surface area (TPSA) is 56.8 Å². The fourth-order valence-electron chi connectivity index (χ4n) is 2.52. The van der Waals surface area contributed by atoms with Crippen molar-refractivity contribution < 1.29 is 19.0 Å². The first kappa shape index (κ1) is 16.2. The summed E-state index contributed by atoms with van der Waals surface area (Å²) in [5.41, 5.74) is 1.75. The van der Waals surface area contributed by atoms with Crippen LogP contribution in [0, 0.1) is 6.92 Å². The molecule has 0 unspecified atom stereocenters. The fraction of sp³-hybridized carbons (Fsp3) is 0.316. The summed E-state index contributed by atoms with van der Waals surface area (Å²) in [4.78, 5) is 12.5. The lowest BCUT2D eigenvalue weighted by atomic mass is 10.2. The molecular formula is C19H21NO4. The molecule has 1 aliphatic heterocycles. The Balaban J connectivity index is 1.68. The number of fused-ring (bicyclic) bond motifs is 1. The molecule has 0 fully saturated rings. The molecule has 5 heteroatoms. The van der Waals surface area contributed by atoms with E-state index in [0.717, 1.165) is 5.56 Å². The van der Waals surface area contributed by atoms with Gasteiger partial charge in [0.05, 0.1) is 0 Å². The first-order chi connectivity index (χ1) is 11.7. The van der Waals surface area contributed by atoms with Crippen molar-refractivity contribution in [2.45, 2.75) is 26.4 Å². The van der Waals surface area contributed by atoms with Crippen LogP contribution in [0.1, 0.15) is 18.9 Å². The van der Waals surface area contributed by atoms with Gasteiger partial charge in [-0.3, -0.25) is 4.79 Å². The van der Waals surface area contributed by atoms with Crippen LogP contribution in [0.2, 0.25) is 0 Å². The molecule has 0 spiro atoms. The minimum absolute atomic E-state index is 0.185. The van der Waals surface area contributed by atoms with Crippen molar-refractivity contribution in [2.75, 3.05) is 18.5 Å². The summed E-state index contributed by atoms with van der Waals surface area (Å²) in [6, 6.07) is 13.0. The van der Waals surface area contributed by atoms with Crippen LogP contribution in [0.5, 0.6) is 17.2 Å².